The summed E-state index contributed by atoms with van der Waals surface area (Å²) in [5.41, 5.74) is 1.96. The molecule has 1 aromatic carbocycles. The minimum Gasteiger partial charge on any atom is -0.395 e. The molecule has 6 heteroatoms. The largest absolute Gasteiger partial charge is 0.395 e. The molecule has 0 aromatic heterocycles. The van der Waals surface area contributed by atoms with E-state index in [1.807, 2.05) is 19.9 Å². The van der Waals surface area contributed by atoms with Crippen molar-refractivity contribution in [2.75, 3.05) is 19.7 Å². The van der Waals surface area contributed by atoms with E-state index in [4.69, 9.17) is 5.11 Å². The lowest BCUT2D eigenvalue weighted by Gasteiger charge is -2.28. The monoisotopic (exact) mass is 298 g/mol. The van der Waals surface area contributed by atoms with Gasteiger partial charge in [0.05, 0.1) is 11.5 Å². The van der Waals surface area contributed by atoms with Crippen molar-refractivity contribution in [2.45, 2.75) is 37.8 Å². The molecule has 2 rings (SSSR count). The highest BCUT2D eigenvalue weighted by molar-refractivity contribution is 7.89. The zero-order chi connectivity index (χ0) is 14.8. The highest BCUT2D eigenvalue weighted by atomic mass is 32.2. The second kappa shape index (κ2) is 6.22. The first-order valence-electron chi connectivity index (χ1n) is 6.92. The van der Waals surface area contributed by atoms with Gasteiger partial charge in [-0.05, 0) is 44.0 Å². The quantitative estimate of drug-likeness (QED) is 0.840. The number of benzene rings is 1. The third-order valence-electron chi connectivity index (χ3n) is 3.58. The molecule has 0 saturated heterocycles. The average Bonchev–Trinajstić information content (AvgIpc) is 2.43. The Labute approximate surface area is 120 Å². The van der Waals surface area contributed by atoms with E-state index in [1.54, 1.807) is 12.1 Å². The summed E-state index contributed by atoms with van der Waals surface area (Å²) in [6.07, 6.45) is 0.718. The Kier molecular flexibility index (Phi) is 4.80. The van der Waals surface area contributed by atoms with Gasteiger partial charge in [-0.15, -0.1) is 0 Å². The van der Waals surface area contributed by atoms with Crippen LogP contribution < -0.4 is 5.32 Å². The molecule has 0 fully saturated rings. The number of fused-ring (bicyclic) bond motifs is 1. The predicted molar refractivity (Wildman–Crippen MR) is 78.0 cm³/mol. The summed E-state index contributed by atoms with van der Waals surface area (Å²) in [4.78, 5) is 0.388. The van der Waals surface area contributed by atoms with Crippen LogP contribution in [-0.4, -0.2) is 43.6 Å². The first-order valence-corrected chi connectivity index (χ1v) is 8.36. The van der Waals surface area contributed by atoms with Crippen LogP contribution in [0.5, 0.6) is 0 Å². The van der Waals surface area contributed by atoms with Gasteiger partial charge in [-0.1, -0.05) is 12.1 Å². The van der Waals surface area contributed by atoms with Crippen LogP contribution in [0.4, 0.5) is 0 Å². The average molecular weight is 298 g/mol. The van der Waals surface area contributed by atoms with Gasteiger partial charge in [0.1, 0.15) is 0 Å². The van der Waals surface area contributed by atoms with Gasteiger partial charge in [-0.25, -0.2) is 8.42 Å². The van der Waals surface area contributed by atoms with E-state index in [9.17, 15) is 8.42 Å². The van der Waals surface area contributed by atoms with E-state index in [0.717, 1.165) is 24.1 Å². The molecule has 0 radical (unpaired) electrons. The minimum atomic E-state index is -3.56. The molecule has 0 aliphatic carbocycles. The zero-order valence-electron chi connectivity index (χ0n) is 12.0. The molecule has 0 spiro atoms. The van der Waals surface area contributed by atoms with Crippen LogP contribution in [0.2, 0.25) is 0 Å². The Morgan fingerprint density at radius 2 is 2.15 bits per heavy atom. The number of nitrogens with one attached hydrogen (secondary N) is 1. The van der Waals surface area contributed by atoms with Crippen LogP contribution in [0.3, 0.4) is 0 Å². The molecule has 20 heavy (non-hydrogen) atoms. The van der Waals surface area contributed by atoms with Crippen LogP contribution in [0.1, 0.15) is 25.0 Å². The van der Waals surface area contributed by atoms with E-state index in [2.05, 4.69) is 5.32 Å². The van der Waals surface area contributed by atoms with Crippen molar-refractivity contribution >= 4 is 10.0 Å². The molecule has 1 aliphatic heterocycles. The highest BCUT2D eigenvalue weighted by Gasteiger charge is 2.30. The van der Waals surface area contributed by atoms with Crippen molar-refractivity contribution in [1.82, 2.24) is 9.62 Å². The molecule has 0 amide bonds. The van der Waals surface area contributed by atoms with Crippen molar-refractivity contribution in [1.29, 1.82) is 0 Å². The van der Waals surface area contributed by atoms with Crippen LogP contribution in [0.15, 0.2) is 23.1 Å². The Bertz CT molecular complexity index is 570. The van der Waals surface area contributed by atoms with Crippen LogP contribution in [0.25, 0.3) is 0 Å². The molecule has 2 N–H and O–H groups in total. The van der Waals surface area contributed by atoms with Gasteiger partial charge in [0, 0.05) is 19.1 Å². The summed E-state index contributed by atoms with van der Waals surface area (Å²) in [6, 6.07) is 5.25. The fourth-order valence-electron chi connectivity index (χ4n) is 2.62. The van der Waals surface area contributed by atoms with E-state index >= 15 is 0 Å². The zero-order valence-corrected chi connectivity index (χ0v) is 12.8. The van der Waals surface area contributed by atoms with Crippen LogP contribution in [-0.2, 0) is 23.0 Å². The first-order chi connectivity index (χ1) is 9.48. The topological polar surface area (TPSA) is 69.6 Å². The second-order valence-corrected chi connectivity index (χ2v) is 7.11. The number of aliphatic hydroxyl groups is 1. The molecule has 112 valence electrons. The van der Waals surface area contributed by atoms with Gasteiger partial charge in [0.25, 0.3) is 0 Å². The fourth-order valence-corrected chi connectivity index (χ4v) is 4.54. The molecular formula is C14H22N2O3S. The maximum absolute atomic E-state index is 12.8. The SMILES string of the molecule is CC(C)N(CCO)S(=O)(=O)c1cccc2c1CCNC2. The van der Waals surface area contributed by atoms with Gasteiger partial charge >= 0.3 is 0 Å². The predicted octanol–water partition coefficient (Wildman–Crippen LogP) is 0.724. The first kappa shape index (κ1) is 15.4. The summed E-state index contributed by atoms with van der Waals surface area (Å²) >= 11 is 0. The van der Waals surface area contributed by atoms with E-state index < -0.39 is 10.0 Å². The normalized spacial score (nSPS) is 15.7. The fraction of sp³-hybridized carbons (Fsp3) is 0.571. The molecule has 1 aliphatic rings. The van der Waals surface area contributed by atoms with E-state index in [1.165, 1.54) is 4.31 Å². The maximum atomic E-state index is 12.8. The van der Waals surface area contributed by atoms with Crippen LogP contribution in [0, 0.1) is 0 Å². The van der Waals surface area contributed by atoms with E-state index in [-0.39, 0.29) is 19.2 Å². The van der Waals surface area contributed by atoms with Crippen molar-refractivity contribution < 1.29 is 13.5 Å². The Morgan fingerprint density at radius 1 is 1.40 bits per heavy atom. The van der Waals surface area contributed by atoms with Gasteiger partial charge in [-0.3, -0.25) is 0 Å². The number of hydrogen-bond donors (Lipinski definition) is 2. The lowest BCUT2D eigenvalue weighted by Crippen LogP contribution is -2.40. The highest BCUT2D eigenvalue weighted by Crippen LogP contribution is 2.26. The second-order valence-electron chi connectivity index (χ2n) is 5.25. The number of sulfonamides is 1. The molecule has 0 unspecified atom stereocenters. The minimum absolute atomic E-state index is 0.127. The summed E-state index contributed by atoms with van der Waals surface area (Å²) in [7, 11) is -3.56. The van der Waals surface area contributed by atoms with Crippen molar-refractivity contribution in [3.63, 3.8) is 0 Å². The molecular weight excluding hydrogens is 276 g/mol. The molecule has 1 heterocycles. The van der Waals surface area contributed by atoms with Crippen LogP contribution >= 0.6 is 0 Å². The number of nitrogens with zero attached hydrogens (tertiary/aromatic N) is 1. The van der Waals surface area contributed by atoms with Gasteiger partial charge in [-0.2, -0.15) is 4.31 Å². The number of rotatable bonds is 5. The third-order valence-corrected chi connectivity index (χ3v) is 5.74. The summed E-state index contributed by atoms with van der Waals surface area (Å²) in [5, 5.41) is 12.4. The van der Waals surface area contributed by atoms with Gasteiger partial charge in [0.15, 0.2) is 0 Å². The molecule has 0 saturated carbocycles. The Hall–Kier alpha value is -0.950. The summed E-state index contributed by atoms with van der Waals surface area (Å²) in [5.74, 6) is 0. The molecule has 1 aromatic rings. The lowest BCUT2D eigenvalue weighted by molar-refractivity contribution is 0.236. The van der Waals surface area contributed by atoms with Gasteiger partial charge in [0.2, 0.25) is 10.0 Å². The standard InChI is InChI=1S/C14H22N2O3S/c1-11(2)16(8-9-17)20(18,19)14-5-3-4-12-10-15-7-6-13(12)14/h3-5,11,15,17H,6-10H2,1-2H3. The number of hydrogen-bond acceptors (Lipinski definition) is 4. The maximum Gasteiger partial charge on any atom is 0.243 e. The Balaban J connectivity index is 2.48. The lowest BCUT2D eigenvalue weighted by atomic mass is 10.0. The summed E-state index contributed by atoms with van der Waals surface area (Å²) < 4.78 is 27.0. The van der Waals surface area contributed by atoms with Crippen molar-refractivity contribution in [2.24, 2.45) is 0 Å². The Morgan fingerprint density at radius 3 is 2.80 bits per heavy atom. The van der Waals surface area contributed by atoms with E-state index in [0.29, 0.717) is 11.4 Å². The number of aliphatic hydroxyl groups excluding tert-OH is 1. The molecule has 0 atom stereocenters. The summed E-state index contributed by atoms with van der Waals surface area (Å²) in [6.45, 7) is 5.10. The molecule has 5 nitrogen and oxygen atoms in total. The van der Waals surface area contributed by atoms with Crippen molar-refractivity contribution in [3.8, 4) is 0 Å². The van der Waals surface area contributed by atoms with Gasteiger partial charge < -0.3 is 10.4 Å². The van der Waals surface area contributed by atoms with Crippen molar-refractivity contribution in [3.05, 3.63) is 29.3 Å². The smallest absolute Gasteiger partial charge is 0.243 e. The molecule has 0 bridgehead atoms. The third kappa shape index (κ3) is 2.88.